The lowest BCUT2D eigenvalue weighted by Crippen LogP contribution is -2.85. The monoisotopic (exact) mass is 514 g/mol. The number of aliphatic hydroxyl groups excluding tert-OH is 1. The van der Waals surface area contributed by atoms with E-state index < -0.39 is 76.0 Å². The number of hydrogen-bond acceptors (Lipinski definition) is 2. The number of carbonyl (C=O) groups excluding carboxylic acids is 1. The van der Waals surface area contributed by atoms with Gasteiger partial charge in [-0.25, -0.2) is 8.78 Å². The number of halogens is 15. The van der Waals surface area contributed by atoms with Gasteiger partial charge in [-0.3, -0.25) is 4.79 Å². The molecule has 1 fully saturated rings. The van der Waals surface area contributed by atoms with Gasteiger partial charge in [-0.05, 0) is 18.2 Å². The maximum atomic E-state index is 14.5. The number of alkyl halides is 14. The first-order chi connectivity index (χ1) is 14.4. The van der Waals surface area contributed by atoms with Crippen LogP contribution in [0, 0.1) is 5.82 Å². The van der Waals surface area contributed by atoms with Gasteiger partial charge in [0.25, 0.3) is 0 Å². The highest BCUT2D eigenvalue weighted by molar-refractivity contribution is 6.03. The van der Waals surface area contributed by atoms with Crippen LogP contribution in [0.15, 0.2) is 24.3 Å². The lowest BCUT2D eigenvalue weighted by molar-refractivity contribution is -0.475. The third-order valence-electron chi connectivity index (χ3n) is 4.62. The van der Waals surface area contributed by atoms with Crippen LogP contribution in [0.4, 0.5) is 65.9 Å². The van der Waals surface area contributed by atoms with E-state index in [1.807, 2.05) is 0 Å². The van der Waals surface area contributed by atoms with Gasteiger partial charge in [-0.2, -0.15) is 57.1 Å². The van der Waals surface area contributed by atoms with Crippen molar-refractivity contribution in [2.24, 2.45) is 0 Å². The van der Waals surface area contributed by atoms with Crippen LogP contribution in [-0.4, -0.2) is 46.2 Å². The number of ketones is 1. The minimum Gasteiger partial charge on any atom is -0.507 e. The maximum Gasteiger partial charge on any atom is 0.419 e. The second kappa shape index (κ2) is 6.94. The molecule has 0 heterocycles. The molecule has 0 atom stereocenters. The molecule has 2 rings (SSSR count). The van der Waals surface area contributed by atoms with E-state index in [4.69, 9.17) is 0 Å². The molecule has 0 radical (unpaired) electrons. The summed E-state index contributed by atoms with van der Waals surface area (Å²) >= 11 is 0. The zero-order valence-corrected chi connectivity index (χ0v) is 14.8. The molecule has 0 unspecified atom stereocenters. The summed E-state index contributed by atoms with van der Waals surface area (Å²) in [6.45, 7) is 0. The van der Waals surface area contributed by atoms with Crippen molar-refractivity contribution in [1.82, 2.24) is 0 Å². The molecule has 17 heteroatoms. The molecule has 1 aromatic rings. The van der Waals surface area contributed by atoms with Gasteiger partial charge in [0.15, 0.2) is 0 Å². The SMILES string of the molecule is O=C(/C=C(\O)c1ccc(F)c(C(F)(F)F)c1)C1(F)C(F)(F)C(F)(F)C(F)(F)C(F)(F)C1(F)F. The molecule has 186 valence electrons. The zero-order chi connectivity index (χ0) is 26.2. The van der Waals surface area contributed by atoms with Crippen molar-refractivity contribution in [3.63, 3.8) is 0 Å². The third-order valence-corrected chi connectivity index (χ3v) is 4.62. The predicted octanol–water partition coefficient (Wildman–Crippen LogP) is 6.21. The fraction of sp³-hybridized carbons (Fsp3) is 0.438. The minimum atomic E-state index is -7.60. The highest BCUT2D eigenvalue weighted by Crippen LogP contribution is 2.69. The van der Waals surface area contributed by atoms with Gasteiger partial charge in [0.2, 0.25) is 5.78 Å². The lowest BCUT2D eigenvalue weighted by atomic mass is 9.70. The number of rotatable bonds is 3. The predicted molar refractivity (Wildman–Crippen MR) is 75.6 cm³/mol. The van der Waals surface area contributed by atoms with E-state index in [0.29, 0.717) is 0 Å². The van der Waals surface area contributed by atoms with Crippen molar-refractivity contribution in [2.45, 2.75) is 41.5 Å². The quantitative estimate of drug-likeness (QED) is 0.296. The van der Waals surface area contributed by atoms with Crippen molar-refractivity contribution in [3.05, 3.63) is 41.2 Å². The van der Waals surface area contributed by atoms with Gasteiger partial charge in [0, 0.05) is 11.6 Å². The Labute approximate surface area is 171 Å². The topological polar surface area (TPSA) is 37.3 Å². The average molecular weight is 514 g/mol. The van der Waals surface area contributed by atoms with Crippen LogP contribution in [0.2, 0.25) is 0 Å². The van der Waals surface area contributed by atoms with Crippen molar-refractivity contribution >= 4 is 11.5 Å². The molecule has 1 aliphatic carbocycles. The summed E-state index contributed by atoms with van der Waals surface area (Å²) in [6.07, 6.45) is -6.74. The van der Waals surface area contributed by atoms with Crippen LogP contribution in [0.25, 0.3) is 5.76 Å². The molecule has 0 aliphatic heterocycles. The van der Waals surface area contributed by atoms with Crippen molar-refractivity contribution in [1.29, 1.82) is 0 Å². The lowest BCUT2D eigenvalue weighted by Gasteiger charge is -2.51. The van der Waals surface area contributed by atoms with Crippen LogP contribution in [0.3, 0.4) is 0 Å². The fourth-order valence-electron chi connectivity index (χ4n) is 2.74. The molecule has 2 nitrogen and oxygen atoms in total. The molecular formula is C16H5F15O2. The largest absolute Gasteiger partial charge is 0.507 e. The molecule has 1 saturated carbocycles. The Morgan fingerprint density at radius 2 is 1.15 bits per heavy atom. The van der Waals surface area contributed by atoms with Crippen LogP contribution in [-0.2, 0) is 11.0 Å². The van der Waals surface area contributed by atoms with E-state index in [9.17, 15) is 75.8 Å². The first-order valence-corrected chi connectivity index (χ1v) is 7.83. The Hall–Kier alpha value is -2.62. The van der Waals surface area contributed by atoms with Crippen molar-refractivity contribution in [2.75, 3.05) is 0 Å². The van der Waals surface area contributed by atoms with Crippen molar-refractivity contribution < 1.29 is 75.8 Å². The van der Waals surface area contributed by atoms with Gasteiger partial charge in [-0.15, -0.1) is 0 Å². The minimum absolute atomic E-state index is 0.0788. The summed E-state index contributed by atoms with van der Waals surface area (Å²) < 4.78 is 201. The van der Waals surface area contributed by atoms with E-state index in [1.165, 1.54) is 0 Å². The highest BCUT2D eigenvalue weighted by Gasteiger charge is 3.02. The molecule has 33 heavy (non-hydrogen) atoms. The molecule has 1 aliphatic rings. The van der Waals surface area contributed by atoms with Crippen LogP contribution in [0.1, 0.15) is 11.1 Å². The smallest absolute Gasteiger partial charge is 0.419 e. The zero-order valence-electron chi connectivity index (χ0n) is 14.8. The standard InChI is InChI=1S/C16H5F15O2/c17-7-2-1-5(3-6(7)11(19,20)21)8(32)4-9(33)10(18)12(22,23)14(26,27)16(30,31)15(28,29)13(10,24)25/h1-4,32H/b8-4-. The summed E-state index contributed by atoms with van der Waals surface area (Å²) in [4.78, 5) is 11.7. The van der Waals surface area contributed by atoms with E-state index in [1.54, 1.807) is 0 Å². The Kier molecular flexibility index (Phi) is 5.60. The van der Waals surface area contributed by atoms with Gasteiger partial charge in [0.05, 0.1) is 5.56 Å². The van der Waals surface area contributed by atoms with Gasteiger partial charge in [0.1, 0.15) is 11.6 Å². The van der Waals surface area contributed by atoms with Crippen LogP contribution in [0.5, 0.6) is 0 Å². The summed E-state index contributed by atoms with van der Waals surface area (Å²) in [7, 11) is 0. The number of allylic oxidation sites excluding steroid dienone is 1. The van der Waals surface area contributed by atoms with Crippen LogP contribution >= 0.6 is 0 Å². The molecule has 0 bridgehead atoms. The molecule has 0 amide bonds. The second-order valence-electron chi connectivity index (χ2n) is 6.62. The van der Waals surface area contributed by atoms with E-state index in [-0.39, 0.29) is 18.2 Å². The van der Waals surface area contributed by atoms with E-state index in [2.05, 4.69) is 0 Å². The summed E-state index contributed by atoms with van der Waals surface area (Å²) in [5, 5.41) is 9.49. The normalized spacial score (nSPS) is 24.9. The number of benzene rings is 1. The maximum absolute atomic E-state index is 14.5. The Balaban J connectivity index is 2.72. The summed E-state index contributed by atoms with van der Waals surface area (Å²) in [5.41, 5.74) is -10.8. The van der Waals surface area contributed by atoms with E-state index >= 15 is 0 Å². The Bertz CT molecular complexity index is 976. The summed E-state index contributed by atoms with van der Waals surface area (Å²) in [6, 6.07) is -0.332. The molecule has 1 aromatic carbocycles. The Morgan fingerprint density at radius 1 is 0.758 bits per heavy atom. The van der Waals surface area contributed by atoms with Gasteiger partial charge >= 0.3 is 41.5 Å². The molecule has 0 aromatic heterocycles. The Morgan fingerprint density at radius 3 is 1.55 bits per heavy atom. The van der Waals surface area contributed by atoms with Crippen molar-refractivity contribution in [3.8, 4) is 0 Å². The number of hydrogen-bond donors (Lipinski definition) is 1. The van der Waals surface area contributed by atoms with Crippen LogP contribution < -0.4 is 0 Å². The molecule has 1 N–H and O–H groups in total. The number of carbonyl (C=O) groups is 1. The molecule has 0 spiro atoms. The number of aliphatic hydroxyl groups is 1. The van der Waals surface area contributed by atoms with Gasteiger partial charge < -0.3 is 5.11 Å². The molecule has 0 saturated heterocycles. The van der Waals surface area contributed by atoms with E-state index in [0.717, 1.165) is 0 Å². The average Bonchev–Trinajstić information content (AvgIpc) is 2.64. The molecular weight excluding hydrogens is 509 g/mol. The highest BCUT2D eigenvalue weighted by atomic mass is 19.4. The summed E-state index contributed by atoms with van der Waals surface area (Å²) in [5.74, 6) is -45.9. The third kappa shape index (κ3) is 3.09. The van der Waals surface area contributed by atoms with Gasteiger partial charge in [-0.1, -0.05) is 0 Å². The first-order valence-electron chi connectivity index (χ1n) is 7.83. The first kappa shape index (κ1) is 26.6. The second-order valence-corrected chi connectivity index (χ2v) is 6.62. The fourth-order valence-corrected chi connectivity index (χ4v) is 2.74.